The molecule has 136 valence electrons. The van der Waals surface area contributed by atoms with E-state index in [4.69, 9.17) is 15.5 Å². The van der Waals surface area contributed by atoms with Gasteiger partial charge in [0, 0.05) is 31.0 Å². The van der Waals surface area contributed by atoms with E-state index in [9.17, 15) is 9.59 Å². The van der Waals surface area contributed by atoms with Crippen molar-refractivity contribution < 1.29 is 14.3 Å². The van der Waals surface area contributed by atoms with Gasteiger partial charge in [-0.2, -0.15) is 0 Å². The Morgan fingerprint density at radius 3 is 2.62 bits per heavy atom. The number of carbonyl (C=O) groups excluding carboxylic acids is 2. The molecule has 2 N–H and O–H groups in total. The van der Waals surface area contributed by atoms with Crippen LogP contribution in [0.25, 0.3) is 10.9 Å². The molecule has 0 aliphatic carbocycles. The van der Waals surface area contributed by atoms with Gasteiger partial charge >= 0.3 is 0 Å². The zero-order valence-corrected chi connectivity index (χ0v) is 14.7. The first-order chi connectivity index (χ1) is 12.6. The summed E-state index contributed by atoms with van der Waals surface area (Å²) in [5.41, 5.74) is 7.73. The fourth-order valence-electron chi connectivity index (χ4n) is 3.99. The Morgan fingerprint density at radius 1 is 1.15 bits per heavy atom. The minimum absolute atomic E-state index is 0.0996. The van der Waals surface area contributed by atoms with Crippen LogP contribution in [0.1, 0.15) is 47.7 Å². The van der Waals surface area contributed by atoms with Gasteiger partial charge in [0.05, 0.1) is 16.8 Å². The lowest BCUT2D eigenvalue weighted by atomic mass is 9.89. The maximum atomic E-state index is 12.5. The second-order valence-electron chi connectivity index (χ2n) is 7.08. The number of likely N-dealkylation sites (tertiary alicyclic amines) is 1. The van der Waals surface area contributed by atoms with Gasteiger partial charge in [0.15, 0.2) is 0 Å². The van der Waals surface area contributed by atoms with Gasteiger partial charge in [0.2, 0.25) is 0 Å². The van der Waals surface area contributed by atoms with Crippen LogP contribution >= 0.6 is 0 Å². The second kappa shape index (κ2) is 7.03. The number of nitrogens with zero attached hydrogens (tertiary/aromatic N) is 2. The highest BCUT2D eigenvalue weighted by molar-refractivity contribution is 5.97. The molecule has 2 aromatic rings. The van der Waals surface area contributed by atoms with Crippen molar-refractivity contribution in [2.45, 2.75) is 37.7 Å². The van der Waals surface area contributed by atoms with E-state index in [0.717, 1.165) is 42.3 Å². The van der Waals surface area contributed by atoms with E-state index in [-0.39, 0.29) is 17.9 Å². The Morgan fingerprint density at radius 2 is 1.92 bits per heavy atom. The van der Waals surface area contributed by atoms with Crippen LogP contribution in [-0.2, 0) is 9.53 Å². The molecule has 4 rings (SSSR count). The number of ether oxygens (including phenoxy) is 1. The largest absolute Gasteiger partial charge is 0.368 e. The Hall–Kier alpha value is -2.47. The summed E-state index contributed by atoms with van der Waals surface area (Å²) in [5, 5.41) is 0.913. The van der Waals surface area contributed by atoms with E-state index < -0.39 is 5.91 Å². The lowest BCUT2D eigenvalue weighted by molar-refractivity contribution is -0.142. The van der Waals surface area contributed by atoms with E-state index >= 15 is 0 Å². The Labute approximate surface area is 152 Å². The van der Waals surface area contributed by atoms with Crippen LogP contribution in [0.3, 0.4) is 0 Å². The van der Waals surface area contributed by atoms with E-state index in [1.165, 1.54) is 0 Å². The van der Waals surface area contributed by atoms with Gasteiger partial charge in [-0.3, -0.25) is 14.6 Å². The van der Waals surface area contributed by atoms with Gasteiger partial charge in [0.1, 0.15) is 6.10 Å². The number of hydrogen-bond donors (Lipinski definition) is 1. The molecule has 0 saturated carbocycles. The quantitative estimate of drug-likeness (QED) is 0.917. The third-order valence-electron chi connectivity index (χ3n) is 5.42. The fourth-order valence-corrected chi connectivity index (χ4v) is 3.99. The Kier molecular flexibility index (Phi) is 4.59. The molecular formula is C20H23N3O3. The fraction of sp³-hybridized carbons (Fsp3) is 0.450. The number of nitrogens with two attached hydrogens (primary N) is 1. The number of aromatic nitrogens is 1. The number of rotatable bonds is 3. The van der Waals surface area contributed by atoms with E-state index in [1.807, 2.05) is 35.2 Å². The van der Waals surface area contributed by atoms with Crippen LogP contribution < -0.4 is 5.73 Å². The molecule has 0 bridgehead atoms. The first-order valence-electron chi connectivity index (χ1n) is 9.23. The monoisotopic (exact) mass is 353 g/mol. The van der Waals surface area contributed by atoms with E-state index in [2.05, 4.69) is 0 Å². The van der Waals surface area contributed by atoms with Gasteiger partial charge in [-0.1, -0.05) is 18.2 Å². The molecule has 3 heterocycles. The normalized spacial score (nSPS) is 21.2. The van der Waals surface area contributed by atoms with Crippen molar-refractivity contribution in [1.82, 2.24) is 9.88 Å². The molecule has 6 heteroatoms. The van der Waals surface area contributed by atoms with Crippen LogP contribution in [-0.4, -0.2) is 47.5 Å². The highest BCUT2D eigenvalue weighted by atomic mass is 16.5. The standard InChI is InChI=1S/C20H23N3O3/c21-19(24)15-12-14-4-1-2-5-16(14)22-18(15)13-7-9-23(10-8-13)20(25)17-6-3-11-26-17/h1-2,4-5,12-13,17H,3,6-11H2,(H2,21,24)/t17-/m0/s1. The van der Waals surface area contributed by atoms with Crippen molar-refractivity contribution in [3.05, 3.63) is 41.6 Å². The lowest BCUT2D eigenvalue weighted by Gasteiger charge is -2.33. The number of amides is 2. The number of carbonyl (C=O) groups is 2. The highest BCUT2D eigenvalue weighted by Crippen LogP contribution is 2.31. The van der Waals surface area contributed by atoms with Gasteiger partial charge < -0.3 is 15.4 Å². The highest BCUT2D eigenvalue weighted by Gasteiger charge is 2.32. The molecule has 1 atom stereocenters. The van der Waals surface area contributed by atoms with Crippen molar-refractivity contribution in [1.29, 1.82) is 0 Å². The molecule has 26 heavy (non-hydrogen) atoms. The Balaban J connectivity index is 1.54. The van der Waals surface area contributed by atoms with Gasteiger partial charge in [-0.25, -0.2) is 0 Å². The average Bonchev–Trinajstić information content (AvgIpc) is 3.21. The predicted molar refractivity (Wildman–Crippen MR) is 97.8 cm³/mol. The minimum Gasteiger partial charge on any atom is -0.368 e. The maximum absolute atomic E-state index is 12.5. The molecule has 0 spiro atoms. The van der Waals surface area contributed by atoms with Crippen LogP contribution in [0, 0.1) is 0 Å². The molecule has 2 aliphatic rings. The lowest BCUT2D eigenvalue weighted by Crippen LogP contribution is -2.43. The summed E-state index contributed by atoms with van der Waals surface area (Å²) in [6, 6.07) is 9.57. The van der Waals surface area contributed by atoms with Crippen LogP contribution in [0.15, 0.2) is 30.3 Å². The van der Waals surface area contributed by atoms with Gasteiger partial charge in [-0.15, -0.1) is 0 Å². The number of benzene rings is 1. The summed E-state index contributed by atoms with van der Waals surface area (Å²) in [7, 11) is 0. The maximum Gasteiger partial charge on any atom is 0.251 e. The first kappa shape index (κ1) is 17.0. The van der Waals surface area contributed by atoms with Gasteiger partial charge in [-0.05, 0) is 37.8 Å². The van der Waals surface area contributed by atoms with E-state index in [1.54, 1.807) is 0 Å². The van der Waals surface area contributed by atoms with Crippen molar-refractivity contribution in [2.24, 2.45) is 5.73 Å². The van der Waals surface area contributed by atoms with Crippen LogP contribution in [0.4, 0.5) is 0 Å². The van der Waals surface area contributed by atoms with Crippen LogP contribution in [0.5, 0.6) is 0 Å². The summed E-state index contributed by atoms with van der Waals surface area (Å²) in [5.74, 6) is -0.214. The number of piperidine rings is 1. The molecular weight excluding hydrogens is 330 g/mol. The smallest absolute Gasteiger partial charge is 0.251 e. The van der Waals surface area contributed by atoms with Gasteiger partial charge in [0.25, 0.3) is 11.8 Å². The average molecular weight is 353 g/mol. The summed E-state index contributed by atoms with van der Waals surface area (Å²) >= 11 is 0. The minimum atomic E-state index is -0.448. The number of pyridine rings is 1. The molecule has 0 unspecified atom stereocenters. The summed E-state index contributed by atoms with van der Waals surface area (Å²) in [4.78, 5) is 31.1. The topological polar surface area (TPSA) is 85.5 Å². The molecule has 2 saturated heterocycles. The summed E-state index contributed by atoms with van der Waals surface area (Å²) < 4.78 is 5.51. The predicted octanol–water partition coefficient (Wildman–Crippen LogP) is 2.22. The van der Waals surface area contributed by atoms with Crippen LogP contribution in [0.2, 0.25) is 0 Å². The first-order valence-corrected chi connectivity index (χ1v) is 9.23. The molecule has 6 nitrogen and oxygen atoms in total. The van der Waals surface area contributed by atoms with Crippen molar-refractivity contribution in [2.75, 3.05) is 19.7 Å². The van der Waals surface area contributed by atoms with E-state index in [0.29, 0.717) is 25.3 Å². The van der Waals surface area contributed by atoms with Crippen molar-refractivity contribution in [3.8, 4) is 0 Å². The zero-order chi connectivity index (χ0) is 18.1. The molecule has 2 amide bonds. The van der Waals surface area contributed by atoms with Crippen molar-refractivity contribution in [3.63, 3.8) is 0 Å². The SMILES string of the molecule is NC(=O)c1cc2ccccc2nc1C1CCN(C(=O)[C@@H]2CCCO2)CC1. The molecule has 1 aromatic heterocycles. The number of para-hydroxylation sites is 1. The molecule has 2 aliphatic heterocycles. The summed E-state index contributed by atoms with van der Waals surface area (Å²) in [6.45, 7) is 2.00. The summed E-state index contributed by atoms with van der Waals surface area (Å²) in [6.07, 6.45) is 3.06. The zero-order valence-electron chi connectivity index (χ0n) is 14.7. The number of fused-ring (bicyclic) bond motifs is 1. The molecule has 2 fully saturated rings. The second-order valence-corrected chi connectivity index (χ2v) is 7.08. The molecule has 1 aromatic carbocycles. The third kappa shape index (κ3) is 3.17. The van der Waals surface area contributed by atoms with Crippen molar-refractivity contribution >= 4 is 22.7 Å². The number of hydrogen-bond acceptors (Lipinski definition) is 4. The number of primary amides is 1. The molecule has 0 radical (unpaired) electrons. The third-order valence-corrected chi connectivity index (χ3v) is 5.42. The Bertz CT molecular complexity index is 837.